The second kappa shape index (κ2) is 5.65. The highest BCUT2D eigenvalue weighted by atomic mass is 79.9. The van der Waals surface area contributed by atoms with E-state index in [4.69, 9.17) is 0 Å². The number of rotatable bonds is 3. The zero-order valence-electron chi connectivity index (χ0n) is 9.16. The summed E-state index contributed by atoms with van der Waals surface area (Å²) in [7, 11) is 3.14. The lowest BCUT2D eigenvalue weighted by Gasteiger charge is -2.16. The van der Waals surface area contributed by atoms with Crippen molar-refractivity contribution in [2.24, 2.45) is 0 Å². The molecule has 0 aromatic heterocycles. The van der Waals surface area contributed by atoms with E-state index in [9.17, 15) is 9.59 Å². The molecule has 16 heavy (non-hydrogen) atoms. The third kappa shape index (κ3) is 3.34. The molecule has 1 aromatic carbocycles. The Morgan fingerprint density at radius 3 is 2.69 bits per heavy atom. The summed E-state index contributed by atoms with van der Waals surface area (Å²) in [5, 5.41) is 2.47. The fourth-order valence-corrected chi connectivity index (χ4v) is 1.61. The van der Waals surface area contributed by atoms with E-state index in [1.165, 1.54) is 4.90 Å². The normalized spacial score (nSPS) is 9.69. The van der Waals surface area contributed by atoms with Crippen LogP contribution in [0.4, 0.5) is 0 Å². The minimum Gasteiger partial charge on any atom is -0.358 e. The SMILES string of the molecule is CNC(=O)CN(C)C(=O)c1cccc(Br)c1. The van der Waals surface area contributed by atoms with Gasteiger partial charge < -0.3 is 10.2 Å². The number of hydrogen-bond acceptors (Lipinski definition) is 2. The first kappa shape index (κ1) is 12.7. The number of hydrogen-bond donors (Lipinski definition) is 1. The Bertz CT molecular complexity index is 407. The first-order valence-corrected chi connectivity index (χ1v) is 5.55. The zero-order chi connectivity index (χ0) is 12.1. The molecular weight excluding hydrogens is 272 g/mol. The summed E-state index contributed by atoms with van der Waals surface area (Å²) in [6.45, 7) is 0.0574. The van der Waals surface area contributed by atoms with E-state index < -0.39 is 0 Å². The molecular formula is C11H13BrN2O2. The first-order valence-electron chi connectivity index (χ1n) is 4.76. The monoisotopic (exact) mass is 284 g/mol. The predicted octanol–water partition coefficient (Wildman–Crippen LogP) is 1.27. The van der Waals surface area contributed by atoms with Crippen LogP contribution in [-0.2, 0) is 4.79 Å². The average Bonchev–Trinajstić information content (AvgIpc) is 2.27. The average molecular weight is 285 g/mol. The third-order valence-electron chi connectivity index (χ3n) is 2.08. The minimum atomic E-state index is -0.189. The van der Waals surface area contributed by atoms with Crippen molar-refractivity contribution in [3.8, 4) is 0 Å². The van der Waals surface area contributed by atoms with Crippen molar-refractivity contribution >= 4 is 27.7 Å². The number of halogens is 1. The molecule has 0 fully saturated rings. The van der Waals surface area contributed by atoms with Gasteiger partial charge in [0.1, 0.15) is 0 Å². The Morgan fingerprint density at radius 1 is 1.44 bits per heavy atom. The van der Waals surface area contributed by atoms with Crippen molar-refractivity contribution in [1.82, 2.24) is 10.2 Å². The van der Waals surface area contributed by atoms with Crippen molar-refractivity contribution in [2.45, 2.75) is 0 Å². The molecule has 0 saturated carbocycles. The molecule has 1 aromatic rings. The Labute approximate surface area is 103 Å². The number of carbonyl (C=O) groups excluding carboxylic acids is 2. The van der Waals surface area contributed by atoms with Crippen LogP contribution in [-0.4, -0.2) is 37.4 Å². The van der Waals surface area contributed by atoms with Crippen molar-refractivity contribution in [2.75, 3.05) is 20.6 Å². The minimum absolute atomic E-state index is 0.0574. The van der Waals surface area contributed by atoms with Gasteiger partial charge in [-0.15, -0.1) is 0 Å². The van der Waals surface area contributed by atoms with Crippen molar-refractivity contribution in [1.29, 1.82) is 0 Å². The number of amides is 2. The van der Waals surface area contributed by atoms with Gasteiger partial charge in [0.2, 0.25) is 5.91 Å². The van der Waals surface area contributed by atoms with Crippen molar-refractivity contribution in [3.63, 3.8) is 0 Å². The topological polar surface area (TPSA) is 49.4 Å². The summed E-state index contributed by atoms with van der Waals surface area (Å²) in [5.74, 6) is -0.365. The Balaban J connectivity index is 2.74. The summed E-state index contributed by atoms with van der Waals surface area (Å²) < 4.78 is 0.840. The fraction of sp³-hybridized carbons (Fsp3) is 0.273. The summed E-state index contributed by atoms with van der Waals surface area (Å²) in [4.78, 5) is 24.4. The van der Waals surface area contributed by atoms with Gasteiger partial charge in [0.25, 0.3) is 5.91 Å². The molecule has 5 heteroatoms. The molecule has 0 heterocycles. The lowest BCUT2D eigenvalue weighted by Crippen LogP contribution is -2.36. The molecule has 1 rings (SSSR count). The van der Waals surface area contributed by atoms with E-state index in [-0.39, 0.29) is 18.4 Å². The lowest BCUT2D eigenvalue weighted by molar-refractivity contribution is -0.121. The second-order valence-electron chi connectivity index (χ2n) is 3.34. The van der Waals surface area contributed by atoms with E-state index >= 15 is 0 Å². The zero-order valence-corrected chi connectivity index (χ0v) is 10.7. The summed E-state index contributed by atoms with van der Waals surface area (Å²) in [6, 6.07) is 7.07. The summed E-state index contributed by atoms with van der Waals surface area (Å²) >= 11 is 3.29. The molecule has 0 radical (unpaired) electrons. The van der Waals surface area contributed by atoms with Crippen LogP contribution < -0.4 is 5.32 Å². The Morgan fingerprint density at radius 2 is 2.12 bits per heavy atom. The Hall–Kier alpha value is -1.36. The van der Waals surface area contributed by atoms with E-state index in [0.717, 1.165) is 4.47 Å². The first-order chi connectivity index (χ1) is 7.54. The van der Waals surface area contributed by atoms with Crippen LogP contribution >= 0.6 is 15.9 Å². The standard InChI is InChI=1S/C11H13BrN2O2/c1-13-10(15)7-14(2)11(16)8-4-3-5-9(12)6-8/h3-6H,7H2,1-2H3,(H,13,15). The van der Waals surface area contributed by atoms with Crippen LogP contribution in [0.5, 0.6) is 0 Å². The largest absolute Gasteiger partial charge is 0.358 e. The smallest absolute Gasteiger partial charge is 0.254 e. The van der Waals surface area contributed by atoms with Crippen molar-refractivity contribution in [3.05, 3.63) is 34.3 Å². The second-order valence-corrected chi connectivity index (χ2v) is 4.26. The van der Waals surface area contributed by atoms with Crippen LogP contribution in [0.2, 0.25) is 0 Å². The fourth-order valence-electron chi connectivity index (χ4n) is 1.21. The lowest BCUT2D eigenvalue weighted by atomic mass is 10.2. The van der Waals surface area contributed by atoms with Crippen LogP contribution in [0.15, 0.2) is 28.7 Å². The molecule has 86 valence electrons. The Kier molecular flexibility index (Phi) is 4.49. The number of carbonyl (C=O) groups is 2. The number of likely N-dealkylation sites (N-methyl/N-ethyl adjacent to an activating group) is 2. The van der Waals surface area contributed by atoms with Gasteiger partial charge in [-0.25, -0.2) is 0 Å². The van der Waals surface area contributed by atoms with E-state index in [1.807, 2.05) is 6.07 Å². The maximum atomic E-state index is 11.9. The molecule has 0 atom stereocenters. The van der Waals surface area contributed by atoms with E-state index in [0.29, 0.717) is 5.56 Å². The molecule has 0 aliphatic carbocycles. The van der Waals surface area contributed by atoms with Gasteiger partial charge in [0.15, 0.2) is 0 Å². The predicted molar refractivity (Wildman–Crippen MR) is 65.2 cm³/mol. The number of nitrogens with one attached hydrogen (secondary N) is 1. The summed E-state index contributed by atoms with van der Waals surface area (Å²) in [5.41, 5.74) is 0.556. The quantitative estimate of drug-likeness (QED) is 0.909. The number of benzene rings is 1. The van der Waals surface area contributed by atoms with Crippen LogP contribution in [0, 0.1) is 0 Å². The highest BCUT2D eigenvalue weighted by Crippen LogP contribution is 2.12. The molecule has 0 aliphatic heterocycles. The number of nitrogens with zero attached hydrogens (tertiary/aromatic N) is 1. The van der Waals surface area contributed by atoms with Gasteiger partial charge in [-0.2, -0.15) is 0 Å². The molecule has 0 spiro atoms. The molecule has 0 bridgehead atoms. The molecule has 2 amide bonds. The molecule has 0 saturated heterocycles. The van der Waals surface area contributed by atoms with Gasteiger partial charge >= 0.3 is 0 Å². The van der Waals surface area contributed by atoms with Crippen molar-refractivity contribution < 1.29 is 9.59 Å². The van der Waals surface area contributed by atoms with E-state index in [2.05, 4.69) is 21.2 Å². The van der Waals surface area contributed by atoms with Crippen LogP contribution in [0.25, 0.3) is 0 Å². The molecule has 0 aliphatic rings. The van der Waals surface area contributed by atoms with Crippen LogP contribution in [0.1, 0.15) is 10.4 Å². The van der Waals surface area contributed by atoms with Gasteiger partial charge in [-0.3, -0.25) is 9.59 Å². The highest BCUT2D eigenvalue weighted by Gasteiger charge is 2.13. The molecule has 0 unspecified atom stereocenters. The molecule has 4 nitrogen and oxygen atoms in total. The molecule has 1 N–H and O–H groups in total. The van der Waals surface area contributed by atoms with Gasteiger partial charge in [0.05, 0.1) is 6.54 Å². The maximum Gasteiger partial charge on any atom is 0.254 e. The van der Waals surface area contributed by atoms with Gasteiger partial charge in [-0.1, -0.05) is 22.0 Å². The third-order valence-corrected chi connectivity index (χ3v) is 2.57. The highest BCUT2D eigenvalue weighted by molar-refractivity contribution is 9.10. The van der Waals surface area contributed by atoms with Crippen LogP contribution in [0.3, 0.4) is 0 Å². The summed E-state index contributed by atoms with van der Waals surface area (Å²) in [6.07, 6.45) is 0. The van der Waals surface area contributed by atoms with E-state index in [1.54, 1.807) is 32.3 Å². The van der Waals surface area contributed by atoms with Gasteiger partial charge in [-0.05, 0) is 18.2 Å². The van der Waals surface area contributed by atoms with Gasteiger partial charge in [0, 0.05) is 24.1 Å². The maximum absolute atomic E-state index is 11.9.